The van der Waals surface area contributed by atoms with Crippen LogP contribution in [-0.2, 0) is 0 Å². The monoisotopic (exact) mass is 127 g/mol. The Kier molecular flexibility index (Phi) is 0.634. The van der Waals surface area contributed by atoms with Gasteiger partial charge in [0.05, 0.1) is 0 Å². The predicted molar refractivity (Wildman–Crippen MR) is 40.6 cm³/mol. The van der Waals surface area contributed by atoms with Crippen LogP contribution < -0.4 is 0 Å². The fraction of sp³-hybridized carbons (Fsp3) is 0.200. The zero-order valence-corrected chi connectivity index (χ0v) is 5.59. The topological polar surface area (TPSA) is 0 Å². The quantitative estimate of drug-likeness (QED) is 0.502. The zero-order valence-electron chi connectivity index (χ0n) is 5.59. The summed E-state index contributed by atoms with van der Waals surface area (Å²) in [5, 5.41) is 0. The Hall–Kier alpha value is -1.04. The third-order valence-corrected chi connectivity index (χ3v) is 2.37. The van der Waals surface area contributed by atoms with Gasteiger partial charge in [0.1, 0.15) is 0 Å². The molecule has 0 amide bonds. The normalized spacial score (nSPS) is 25.2. The number of hydrogen-bond donors (Lipinski definition) is 0. The average Bonchev–Trinajstić information content (AvgIpc) is 2.64. The van der Waals surface area contributed by atoms with Crippen LogP contribution in [0.5, 0.6) is 0 Å². The van der Waals surface area contributed by atoms with Crippen LogP contribution in [-0.4, -0.2) is 0 Å². The van der Waals surface area contributed by atoms with Crippen LogP contribution in [0.15, 0.2) is 23.8 Å². The fourth-order valence-electron chi connectivity index (χ4n) is 1.73. The minimum Gasteiger partial charge on any atom is -0.0608 e. The largest absolute Gasteiger partial charge is 0.0608 e. The van der Waals surface area contributed by atoms with Gasteiger partial charge in [0.2, 0.25) is 0 Å². The van der Waals surface area contributed by atoms with E-state index in [1.54, 1.807) is 5.57 Å². The van der Waals surface area contributed by atoms with Crippen LogP contribution in [0.25, 0.3) is 6.08 Å². The van der Waals surface area contributed by atoms with E-state index in [-0.39, 0.29) is 0 Å². The molecule has 0 aliphatic heterocycles. The molecule has 0 N–H and O–H groups in total. The molecule has 1 radical (unpaired) electrons. The number of rotatable bonds is 0. The lowest BCUT2D eigenvalue weighted by Crippen LogP contribution is -1.79. The predicted octanol–water partition coefficient (Wildman–Crippen LogP) is 2.37. The van der Waals surface area contributed by atoms with Crippen molar-refractivity contribution in [2.24, 2.45) is 0 Å². The van der Waals surface area contributed by atoms with E-state index in [9.17, 15) is 0 Å². The van der Waals surface area contributed by atoms with Crippen molar-refractivity contribution in [3.05, 3.63) is 41.0 Å². The highest BCUT2D eigenvalue weighted by Crippen LogP contribution is 2.53. The molecule has 0 heteroatoms. The summed E-state index contributed by atoms with van der Waals surface area (Å²) >= 11 is 0. The maximum atomic E-state index is 3.12. The van der Waals surface area contributed by atoms with Gasteiger partial charge in [-0.05, 0) is 29.7 Å². The molecule has 1 saturated carbocycles. The number of allylic oxidation sites excluding steroid dienone is 1. The Labute approximate surface area is 60.2 Å². The molecule has 1 aromatic carbocycles. The van der Waals surface area contributed by atoms with Gasteiger partial charge in [-0.1, -0.05) is 23.8 Å². The van der Waals surface area contributed by atoms with Gasteiger partial charge >= 0.3 is 0 Å². The van der Waals surface area contributed by atoms with Gasteiger partial charge < -0.3 is 0 Å². The molecule has 3 rings (SSSR count). The highest BCUT2D eigenvalue weighted by Gasteiger charge is 2.36. The van der Waals surface area contributed by atoms with E-state index >= 15 is 0 Å². The molecular weight excluding hydrogens is 120 g/mol. The third kappa shape index (κ3) is 0.431. The summed E-state index contributed by atoms with van der Waals surface area (Å²) in [5.41, 5.74) is 4.54. The lowest BCUT2D eigenvalue weighted by molar-refractivity contribution is 1.17. The minimum atomic E-state index is 0.799. The van der Waals surface area contributed by atoms with E-state index in [2.05, 4.69) is 24.3 Å². The fourth-order valence-corrected chi connectivity index (χ4v) is 1.73. The first kappa shape index (κ1) is 4.73. The molecule has 10 heavy (non-hydrogen) atoms. The molecule has 47 valence electrons. The summed E-state index contributed by atoms with van der Waals surface area (Å²) in [6.45, 7) is 0. The van der Waals surface area contributed by atoms with E-state index in [0.29, 0.717) is 0 Å². The second kappa shape index (κ2) is 1.34. The van der Waals surface area contributed by atoms with Crippen LogP contribution in [0.1, 0.15) is 23.5 Å². The molecule has 2 aliphatic rings. The first-order chi connectivity index (χ1) is 4.95. The van der Waals surface area contributed by atoms with Crippen molar-refractivity contribution in [3.63, 3.8) is 0 Å². The second-order valence-electron chi connectivity index (χ2n) is 3.03. The number of fused-ring (bicyclic) bond motifs is 3. The smallest absolute Gasteiger partial charge is 0.00954 e. The van der Waals surface area contributed by atoms with Crippen molar-refractivity contribution in [2.45, 2.75) is 12.3 Å². The second-order valence-corrected chi connectivity index (χ2v) is 3.03. The highest BCUT2D eigenvalue weighted by molar-refractivity contribution is 5.72. The minimum absolute atomic E-state index is 0.799. The summed E-state index contributed by atoms with van der Waals surface area (Å²) in [4.78, 5) is 0. The number of hydrogen-bond acceptors (Lipinski definition) is 0. The van der Waals surface area contributed by atoms with Crippen molar-refractivity contribution in [1.29, 1.82) is 0 Å². The molecule has 0 bridgehead atoms. The van der Waals surface area contributed by atoms with Gasteiger partial charge in [-0.3, -0.25) is 0 Å². The Morgan fingerprint density at radius 2 is 2.50 bits per heavy atom. The molecule has 0 heterocycles. The molecule has 0 nitrogen and oxygen atoms in total. The van der Waals surface area contributed by atoms with Crippen LogP contribution >= 0.6 is 0 Å². The van der Waals surface area contributed by atoms with Gasteiger partial charge in [0.25, 0.3) is 0 Å². The summed E-state index contributed by atoms with van der Waals surface area (Å²) < 4.78 is 0. The standard InChI is InChI=1S/C10H7/c1-2-4-9-7(3-1)5-8-6-10(8)9/h1,3-5,10H,6H2. The Morgan fingerprint density at radius 3 is 3.40 bits per heavy atom. The van der Waals surface area contributed by atoms with Gasteiger partial charge in [-0.15, -0.1) is 0 Å². The Bertz CT molecular complexity index is 321. The molecule has 1 fully saturated rings. The summed E-state index contributed by atoms with van der Waals surface area (Å²) in [6.07, 6.45) is 3.62. The van der Waals surface area contributed by atoms with E-state index in [1.165, 1.54) is 17.5 Å². The van der Waals surface area contributed by atoms with E-state index in [1.807, 2.05) is 6.07 Å². The molecule has 1 aromatic rings. The van der Waals surface area contributed by atoms with Crippen molar-refractivity contribution >= 4 is 6.08 Å². The summed E-state index contributed by atoms with van der Waals surface area (Å²) in [7, 11) is 0. The summed E-state index contributed by atoms with van der Waals surface area (Å²) in [6, 6.07) is 9.37. The first-order valence-corrected chi connectivity index (χ1v) is 3.65. The lowest BCUT2D eigenvalue weighted by atomic mass is 10.1. The van der Waals surface area contributed by atoms with Crippen LogP contribution in [0.2, 0.25) is 0 Å². The highest BCUT2D eigenvalue weighted by atomic mass is 14.4. The van der Waals surface area contributed by atoms with Crippen molar-refractivity contribution in [1.82, 2.24) is 0 Å². The van der Waals surface area contributed by atoms with Crippen molar-refractivity contribution in [2.75, 3.05) is 0 Å². The van der Waals surface area contributed by atoms with Crippen molar-refractivity contribution < 1.29 is 0 Å². The lowest BCUT2D eigenvalue weighted by Gasteiger charge is -1.96. The van der Waals surface area contributed by atoms with Gasteiger partial charge in [0, 0.05) is 5.92 Å². The first-order valence-electron chi connectivity index (χ1n) is 3.65. The zero-order chi connectivity index (χ0) is 6.55. The van der Waals surface area contributed by atoms with E-state index in [0.717, 1.165) is 5.92 Å². The molecule has 0 aromatic heterocycles. The number of benzene rings is 1. The Balaban J connectivity index is 2.32. The van der Waals surface area contributed by atoms with Crippen LogP contribution in [0.3, 0.4) is 0 Å². The maximum absolute atomic E-state index is 3.12. The molecule has 2 aliphatic carbocycles. The summed E-state index contributed by atoms with van der Waals surface area (Å²) in [5.74, 6) is 0.799. The molecule has 1 atom stereocenters. The van der Waals surface area contributed by atoms with Crippen molar-refractivity contribution in [3.8, 4) is 0 Å². The Morgan fingerprint density at radius 1 is 1.50 bits per heavy atom. The maximum Gasteiger partial charge on any atom is 0.00954 e. The van der Waals surface area contributed by atoms with E-state index in [4.69, 9.17) is 0 Å². The average molecular weight is 127 g/mol. The van der Waals surface area contributed by atoms with Crippen LogP contribution in [0.4, 0.5) is 0 Å². The van der Waals surface area contributed by atoms with Gasteiger partial charge in [-0.2, -0.15) is 0 Å². The van der Waals surface area contributed by atoms with Gasteiger partial charge in [-0.25, -0.2) is 0 Å². The molecule has 0 spiro atoms. The SMILES string of the molecule is [c]1ccc2c(c1)C1CC1=C2. The molecule has 0 saturated heterocycles. The van der Waals surface area contributed by atoms with Crippen LogP contribution in [0, 0.1) is 6.07 Å². The van der Waals surface area contributed by atoms with E-state index < -0.39 is 0 Å². The van der Waals surface area contributed by atoms with Gasteiger partial charge in [0.15, 0.2) is 0 Å². The molecule has 1 unspecified atom stereocenters. The third-order valence-electron chi connectivity index (χ3n) is 2.37. The molecular formula is C10H7.